The highest BCUT2D eigenvalue weighted by atomic mass is 32.1. The Morgan fingerprint density at radius 2 is 1.89 bits per heavy atom. The Kier molecular flexibility index (Phi) is 6.41. The van der Waals surface area contributed by atoms with Crippen molar-refractivity contribution in [2.75, 3.05) is 5.32 Å². The summed E-state index contributed by atoms with van der Waals surface area (Å²) in [6.07, 6.45) is 5.44. The predicted octanol–water partition coefficient (Wildman–Crippen LogP) is 6.49. The zero-order chi connectivity index (χ0) is 25.2. The highest BCUT2D eigenvalue weighted by Crippen LogP contribution is 2.38. The molecule has 1 amide bonds. The number of nitrogens with zero attached hydrogens (tertiary/aromatic N) is 3. The number of fused-ring (bicyclic) bond motifs is 2. The number of halogens is 1. The van der Waals surface area contributed by atoms with E-state index >= 15 is 0 Å². The number of para-hydroxylation sites is 1. The van der Waals surface area contributed by atoms with E-state index in [-0.39, 0.29) is 11.4 Å². The SMILES string of the molecule is Cc1c(/C=C(\C#N)C(=O)Nc2sc3c(c2C#N)CCCC3)c2ccccc2n1Cc1ccccc1F. The van der Waals surface area contributed by atoms with Gasteiger partial charge in [0.1, 0.15) is 28.5 Å². The molecule has 1 N–H and O–H groups in total. The molecule has 0 bridgehead atoms. The van der Waals surface area contributed by atoms with Crippen molar-refractivity contribution >= 4 is 39.2 Å². The van der Waals surface area contributed by atoms with Crippen molar-refractivity contribution in [2.45, 2.75) is 39.2 Å². The number of amides is 1. The van der Waals surface area contributed by atoms with Gasteiger partial charge in [-0.15, -0.1) is 11.3 Å². The largest absolute Gasteiger partial charge is 0.340 e. The molecule has 2 aromatic heterocycles. The van der Waals surface area contributed by atoms with Crippen molar-refractivity contribution in [2.24, 2.45) is 0 Å². The summed E-state index contributed by atoms with van der Waals surface area (Å²) in [5.74, 6) is -0.825. The number of thiophene rings is 1. The van der Waals surface area contributed by atoms with E-state index < -0.39 is 5.91 Å². The van der Waals surface area contributed by atoms with Gasteiger partial charge in [0.15, 0.2) is 0 Å². The summed E-state index contributed by atoms with van der Waals surface area (Å²) in [5, 5.41) is 23.8. The summed E-state index contributed by atoms with van der Waals surface area (Å²) in [6, 6.07) is 18.6. The van der Waals surface area contributed by atoms with Gasteiger partial charge in [0.05, 0.1) is 12.1 Å². The lowest BCUT2D eigenvalue weighted by Gasteiger charge is -2.09. The molecule has 0 unspecified atom stereocenters. The third kappa shape index (κ3) is 4.19. The summed E-state index contributed by atoms with van der Waals surface area (Å²) in [6.45, 7) is 2.23. The van der Waals surface area contributed by atoms with Crippen molar-refractivity contribution in [3.05, 3.63) is 92.7 Å². The first-order valence-corrected chi connectivity index (χ1v) is 12.6. The third-order valence-electron chi connectivity index (χ3n) is 6.73. The molecule has 5 nitrogen and oxygen atoms in total. The van der Waals surface area contributed by atoms with Crippen molar-refractivity contribution in [1.82, 2.24) is 4.57 Å². The van der Waals surface area contributed by atoms with Gasteiger partial charge in [0, 0.05) is 32.6 Å². The van der Waals surface area contributed by atoms with Gasteiger partial charge in [-0.3, -0.25) is 4.79 Å². The van der Waals surface area contributed by atoms with E-state index in [9.17, 15) is 19.7 Å². The maximum absolute atomic E-state index is 14.4. The van der Waals surface area contributed by atoms with E-state index in [1.807, 2.05) is 41.8 Å². The van der Waals surface area contributed by atoms with Crippen LogP contribution in [0.1, 0.15) is 45.7 Å². The minimum Gasteiger partial charge on any atom is -0.340 e. The summed E-state index contributed by atoms with van der Waals surface area (Å²) in [4.78, 5) is 14.3. The minimum absolute atomic E-state index is 0.0536. The molecule has 5 rings (SSSR count). The van der Waals surface area contributed by atoms with E-state index in [2.05, 4.69) is 11.4 Å². The number of aromatic nitrogens is 1. The first-order chi connectivity index (χ1) is 17.5. The molecule has 1 aliphatic rings. The standard InChI is InChI=1S/C29H23FN4OS/c1-18-23(21-9-3-6-12-26(21)34(18)17-19-8-2-5-11-25(19)30)14-20(15-31)28(35)33-29-24(16-32)22-10-4-7-13-27(22)36-29/h2-3,5-6,8-9,11-12,14H,4,7,10,13,17H2,1H3,(H,33,35)/b20-14+. The van der Waals surface area contributed by atoms with Gasteiger partial charge in [-0.1, -0.05) is 36.4 Å². The number of carbonyl (C=O) groups excluding carboxylic acids is 1. The zero-order valence-electron chi connectivity index (χ0n) is 19.8. The van der Waals surface area contributed by atoms with Gasteiger partial charge in [-0.05, 0) is 56.4 Å². The molecule has 178 valence electrons. The van der Waals surface area contributed by atoms with Crippen LogP contribution in [0.2, 0.25) is 0 Å². The molecule has 1 aliphatic carbocycles. The van der Waals surface area contributed by atoms with Gasteiger partial charge in [-0.25, -0.2) is 4.39 Å². The van der Waals surface area contributed by atoms with Crippen LogP contribution < -0.4 is 5.32 Å². The van der Waals surface area contributed by atoms with Crippen LogP contribution >= 0.6 is 11.3 Å². The molecule has 0 aliphatic heterocycles. The van der Waals surface area contributed by atoms with Crippen LogP contribution in [0.3, 0.4) is 0 Å². The quantitative estimate of drug-likeness (QED) is 0.254. The molecule has 7 heteroatoms. The Bertz CT molecular complexity index is 1610. The highest BCUT2D eigenvalue weighted by molar-refractivity contribution is 7.16. The summed E-state index contributed by atoms with van der Waals surface area (Å²) in [7, 11) is 0. The Balaban J connectivity index is 1.53. The monoisotopic (exact) mass is 494 g/mol. The second kappa shape index (κ2) is 9.81. The molecule has 2 aromatic carbocycles. The molecule has 2 heterocycles. The number of hydrogen-bond acceptors (Lipinski definition) is 4. The second-order valence-electron chi connectivity index (χ2n) is 8.84. The Morgan fingerprint density at radius 3 is 2.67 bits per heavy atom. The first-order valence-electron chi connectivity index (χ1n) is 11.8. The number of nitriles is 2. The highest BCUT2D eigenvalue weighted by Gasteiger charge is 2.23. The van der Waals surface area contributed by atoms with Crippen LogP contribution in [0.15, 0.2) is 54.1 Å². The van der Waals surface area contributed by atoms with Crippen LogP contribution in [0.5, 0.6) is 0 Å². The average molecular weight is 495 g/mol. The Labute approximate surface area is 212 Å². The van der Waals surface area contributed by atoms with Gasteiger partial charge in [0.25, 0.3) is 5.91 Å². The number of anilines is 1. The van der Waals surface area contributed by atoms with E-state index in [0.717, 1.165) is 58.3 Å². The maximum Gasteiger partial charge on any atom is 0.266 e. The van der Waals surface area contributed by atoms with Crippen molar-refractivity contribution in [1.29, 1.82) is 10.5 Å². The molecular weight excluding hydrogens is 471 g/mol. The fourth-order valence-electron chi connectivity index (χ4n) is 4.88. The molecule has 4 aromatic rings. The molecular formula is C29H23FN4OS. The van der Waals surface area contributed by atoms with Crippen LogP contribution in [0, 0.1) is 35.4 Å². The summed E-state index contributed by atoms with van der Waals surface area (Å²) < 4.78 is 16.4. The molecule has 0 atom stereocenters. The number of aryl methyl sites for hydroxylation is 1. The van der Waals surface area contributed by atoms with Crippen molar-refractivity contribution in [3.8, 4) is 12.1 Å². The average Bonchev–Trinajstić information content (AvgIpc) is 3.37. The number of benzene rings is 2. The molecule has 0 saturated carbocycles. The molecule has 0 fully saturated rings. The van der Waals surface area contributed by atoms with Gasteiger partial charge >= 0.3 is 0 Å². The fraction of sp³-hybridized carbons (Fsp3) is 0.207. The van der Waals surface area contributed by atoms with E-state index in [1.54, 1.807) is 24.3 Å². The smallest absolute Gasteiger partial charge is 0.266 e. The number of rotatable bonds is 5. The lowest BCUT2D eigenvalue weighted by Crippen LogP contribution is -2.13. The van der Waals surface area contributed by atoms with Crippen LogP contribution in [0.4, 0.5) is 9.39 Å². The summed E-state index contributed by atoms with van der Waals surface area (Å²) >= 11 is 1.43. The molecule has 0 saturated heterocycles. The van der Waals surface area contributed by atoms with E-state index in [4.69, 9.17) is 0 Å². The minimum atomic E-state index is -0.544. The lowest BCUT2D eigenvalue weighted by molar-refractivity contribution is -0.112. The first kappa shape index (κ1) is 23.5. The molecule has 0 spiro atoms. The van der Waals surface area contributed by atoms with Gasteiger partial charge in [0.2, 0.25) is 0 Å². The van der Waals surface area contributed by atoms with E-state index in [1.165, 1.54) is 17.4 Å². The second-order valence-corrected chi connectivity index (χ2v) is 9.95. The zero-order valence-corrected chi connectivity index (χ0v) is 20.6. The van der Waals surface area contributed by atoms with Crippen LogP contribution in [0.25, 0.3) is 17.0 Å². The van der Waals surface area contributed by atoms with Crippen LogP contribution in [-0.2, 0) is 24.2 Å². The number of carbonyl (C=O) groups is 1. The van der Waals surface area contributed by atoms with E-state index in [0.29, 0.717) is 22.7 Å². The molecule has 0 radical (unpaired) electrons. The Hall–Kier alpha value is -4.20. The maximum atomic E-state index is 14.4. The van der Waals surface area contributed by atoms with Crippen LogP contribution in [-0.4, -0.2) is 10.5 Å². The van der Waals surface area contributed by atoms with Crippen molar-refractivity contribution in [3.63, 3.8) is 0 Å². The van der Waals surface area contributed by atoms with Crippen molar-refractivity contribution < 1.29 is 9.18 Å². The third-order valence-corrected chi connectivity index (χ3v) is 7.94. The number of hydrogen-bond donors (Lipinski definition) is 1. The summed E-state index contributed by atoms with van der Waals surface area (Å²) in [5.41, 5.74) is 4.49. The Morgan fingerprint density at radius 1 is 1.14 bits per heavy atom. The topological polar surface area (TPSA) is 81.6 Å². The normalized spacial score (nSPS) is 13.2. The molecule has 36 heavy (non-hydrogen) atoms. The fourth-order valence-corrected chi connectivity index (χ4v) is 6.11. The number of nitrogens with one attached hydrogen (secondary N) is 1. The lowest BCUT2D eigenvalue weighted by atomic mass is 9.96. The van der Waals surface area contributed by atoms with Gasteiger partial charge in [-0.2, -0.15) is 10.5 Å². The van der Waals surface area contributed by atoms with Gasteiger partial charge < -0.3 is 9.88 Å². The predicted molar refractivity (Wildman–Crippen MR) is 140 cm³/mol.